The molecule has 4 N–H and O–H groups in total. The molecule has 7 nitrogen and oxygen atoms in total. The number of amidine groups is 1. The Labute approximate surface area is 112 Å². The normalized spacial score (nSPS) is 11.6. The average molecular weight is 268 g/mol. The van der Waals surface area contributed by atoms with Crippen LogP contribution in [0.3, 0.4) is 0 Å². The largest absolute Gasteiger partial charge is 0.409 e. The fourth-order valence-corrected chi connectivity index (χ4v) is 1.68. The van der Waals surface area contributed by atoms with Crippen molar-refractivity contribution in [3.63, 3.8) is 0 Å². The summed E-state index contributed by atoms with van der Waals surface area (Å²) < 4.78 is 5.03. The van der Waals surface area contributed by atoms with Crippen LogP contribution in [0.5, 0.6) is 0 Å². The van der Waals surface area contributed by atoms with Gasteiger partial charge < -0.3 is 25.7 Å². The molecule has 19 heavy (non-hydrogen) atoms. The van der Waals surface area contributed by atoms with Crippen molar-refractivity contribution in [1.82, 2.24) is 4.98 Å². The Bertz CT molecular complexity index is 437. The molecule has 0 radical (unpaired) electrons. The summed E-state index contributed by atoms with van der Waals surface area (Å²) >= 11 is 0. The molecule has 0 bridgehead atoms. The molecule has 0 saturated heterocycles. The van der Waals surface area contributed by atoms with Gasteiger partial charge in [-0.1, -0.05) is 5.16 Å². The summed E-state index contributed by atoms with van der Waals surface area (Å²) in [7, 11) is 1.61. The van der Waals surface area contributed by atoms with Crippen molar-refractivity contribution in [2.45, 2.75) is 6.92 Å². The molecule has 1 aromatic rings. The van der Waals surface area contributed by atoms with Gasteiger partial charge in [0.15, 0.2) is 5.84 Å². The van der Waals surface area contributed by atoms with E-state index in [1.165, 1.54) is 0 Å². The van der Waals surface area contributed by atoms with Crippen LogP contribution in [0.25, 0.3) is 0 Å². The van der Waals surface area contributed by atoms with Crippen molar-refractivity contribution < 1.29 is 15.1 Å². The van der Waals surface area contributed by atoms with Crippen molar-refractivity contribution in [2.24, 2.45) is 10.9 Å². The van der Waals surface area contributed by atoms with Crippen LogP contribution in [0.15, 0.2) is 17.3 Å². The van der Waals surface area contributed by atoms with E-state index < -0.39 is 0 Å². The summed E-state index contributed by atoms with van der Waals surface area (Å²) in [6.07, 6.45) is 0. The van der Waals surface area contributed by atoms with Crippen LogP contribution in [0.2, 0.25) is 0 Å². The molecule has 1 aromatic heterocycles. The molecule has 0 unspecified atom stereocenters. The fourth-order valence-electron chi connectivity index (χ4n) is 1.68. The van der Waals surface area contributed by atoms with Crippen LogP contribution >= 0.6 is 0 Å². The molecule has 1 heterocycles. The third-order valence-electron chi connectivity index (χ3n) is 2.60. The van der Waals surface area contributed by atoms with Crippen LogP contribution in [0.1, 0.15) is 11.3 Å². The fraction of sp³-hybridized carbons (Fsp3) is 0.500. The molecule has 0 fully saturated rings. The molecule has 0 atom stereocenters. The predicted molar refractivity (Wildman–Crippen MR) is 72.7 cm³/mol. The van der Waals surface area contributed by atoms with E-state index in [1.54, 1.807) is 19.2 Å². The summed E-state index contributed by atoms with van der Waals surface area (Å²) in [6.45, 7) is 3.40. The van der Waals surface area contributed by atoms with Gasteiger partial charge in [-0.05, 0) is 19.1 Å². The summed E-state index contributed by atoms with van der Waals surface area (Å²) in [6, 6.07) is 3.44. The van der Waals surface area contributed by atoms with Crippen molar-refractivity contribution in [2.75, 3.05) is 38.3 Å². The second kappa shape index (κ2) is 7.55. The van der Waals surface area contributed by atoms with Gasteiger partial charge in [-0.3, -0.25) is 0 Å². The number of oxime groups is 1. The number of nitrogens with zero attached hydrogens (tertiary/aromatic N) is 3. The maximum atomic E-state index is 9.09. The number of aryl methyl sites for hydroxylation is 1. The van der Waals surface area contributed by atoms with Crippen LogP contribution in [0.4, 0.5) is 5.82 Å². The Balaban J connectivity index is 3.04. The molecule has 7 heteroatoms. The second-order valence-electron chi connectivity index (χ2n) is 4.04. The monoisotopic (exact) mass is 268 g/mol. The lowest BCUT2D eigenvalue weighted by Gasteiger charge is -2.23. The van der Waals surface area contributed by atoms with E-state index in [0.717, 1.165) is 5.69 Å². The quantitative estimate of drug-likeness (QED) is 0.277. The number of anilines is 1. The molecular weight excluding hydrogens is 248 g/mol. The molecule has 0 aliphatic heterocycles. The topological polar surface area (TPSA) is 104 Å². The number of aliphatic hydroxyl groups excluding tert-OH is 1. The number of aromatic nitrogens is 1. The smallest absolute Gasteiger partial charge is 0.170 e. The Morgan fingerprint density at radius 3 is 2.79 bits per heavy atom. The van der Waals surface area contributed by atoms with E-state index in [2.05, 4.69) is 10.1 Å². The second-order valence-corrected chi connectivity index (χ2v) is 4.04. The first-order chi connectivity index (χ1) is 9.12. The molecular formula is C12H20N4O3. The summed E-state index contributed by atoms with van der Waals surface area (Å²) in [5.41, 5.74) is 6.92. The summed E-state index contributed by atoms with van der Waals surface area (Å²) in [4.78, 5) is 6.27. The van der Waals surface area contributed by atoms with Gasteiger partial charge in [0.1, 0.15) is 5.82 Å². The SMILES string of the molecule is COCCN(CCO)c1cc(/C(N)=N/O)cc(C)n1. The highest BCUT2D eigenvalue weighted by atomic mass is 16.5. The number of pyridine rings is 1. The van der Waals surface area contributed by atoms with Crippen LogP contribution in [0, 0.1) is 6.92 Å². The van der Waals surface area contributed by atoms with E-state index >= 15 is 0 Å². The first-order valence-electron chi connectivity index (χ1n) is 5.93. The number of methoxy groups -OCH3 is 1. The first-order valence-corrected chi connectivity index (χ1v) is 5.93. The Kier molecular flexibility index (Phi) is 6.04. The van der Waals surface area contributed by atoms with Gasteiger partial charge in [-0.2, -0.15) is 0 Å². The zero-order chi connectivity index (χ0) is 14.3. The van der Waals surface area contributed by atoms with Gasteiger partial charge in [0.25, 0.3) is 0 Å². The van der Waals surface area contributed by atoms with Gasteiger partial charge in [0.05, 0.1) is 13.2 Å². The van der Waals surface area contributed by atoms with Gasteiger partial charge in [0, 0.05) is 31.5 Å². The molecule has 0 saturated carbocycles. The van der Waals surface area contributed by atoms with Gasteiger partial charge in [-0.25, -0.2) is 4.98 Å². The maximum Gasteiger partial charge on any atom is 0.170 e. The molecule has 106 valence electrons. The Morgan fingerprint density at radius 2 is 2.21 bits per heavy atom. The highest BCUT2D eigenvalue weighted by Gasteiger charge is 2.11. The van der Waals surface area contributed by atoms with Gasteiger partial charge in [0.2, 0.25) is 0 Å². The standard InChI is InChI=1S/C12H20N4O3/c1-9-7-10(12(13)15-18)8-11(14-9)16(3-5-17)4-6-19-2/h7-8,17-18H,3-6H2,1-2H3,(H2,13,15). The van der Waals surface area contributed by atoms with Crippen molar-refractivity contribution in [3.05, 3.63) is 23.4 Å². The Hall–Kier alpha value is -1.86. The van der Waals surface area contributed by atoms with E-state index in [-0.39, 0.29) is 12.4 Å². The lowest BCUT2D eigenvalue weighted by atomic mass is 10.2. The number of hydrogen-bond acceptors (Lipinski definition) is 6. The lowest BCUT2D eigenvalue weighted by molar-refractivity contribution is 0.202. The average Bonchev–Trinajstić information content (AvgIpc) is 2.41. The number of aliphatic hydroxyl groups is 1. The minimum Gasteiger partial charge on any atom is -0.409 e. The third kappa shape index (κ3) is 4.38. The molecule has 0 aliphatic rings. The minimum atomic E-state index is 0.0121. The highest BCUT2D eigenvalue weighted by Crippen LogP contribution is 2.14. The zero-order valence-corrected chi connectivity index (χ0v) is 11.2. The van der Waals surface area contributed by atoms with Gasteiger partial charge >= 0.3 is 0 Å². The summed E-state index contributed by atoms with van der Waals surface area (Å²) in [5.74, 6) is 0.690. The predicted octanol–water partition coefficient (Wildman–Crippen LogP) is -0.0704. The van der Waals surface area contributed by atoms with E-state index in [1.807, 2.05) is 11.8 Å². The van der Waals surface area contributed by atoms with Crippen LogP contribution in [-0.4, -0.2) is 54.5 Å². The number of nitrogens with two attached hydrogens (primary N) is 1. The van der Waals surface area contributed by atoms with Crippen LogP contribution in [-0.2, 0) is 4.74 Å². The number of rotatable bonds is 7. The van der Waals surface area contributed by atoms with E-state index in [9.17, 15) is 0 Å². The zero-order valence-electron chi connectivity index (χ0n) is 11.2. The molecule has 0 aliphatic carbocycles. The number of hydrogen-bond donors (Lipinski definition) is 3. The first kappa shape index (κ1) is 15.2. The highest BCUT2D eigenvalue weighted by molar-refractivity contribution is 5.97. The maximum absolute atomic E-state index is 9.09. The van der Waals surface area contributed by atoms with E-state index in [4.69, 9.17) is 20.8 Å². The lowest BCUT2D eigenvalue weighted by Crippen LogP contribution is -2.31. The van der Waals surface area contributed by atoms with Crippen molar-refractivity contribution in [1.29, 1.82) is 0 Å². The van der Waals surface area contributed by atoms with E-state index in [0.29, 0.717) is 31.1 Å². The van der Waals surface area contributed by atoms with Gasteiger partial charge in [-0.15, -0.1) is 0 Å². The summed E-state index contributed by atoms with van der Waals surface area (Å²) in [5, 5.41) is 20.8. The van der Waals surface area contributed by atoms with Crippen molar-refractivity contribution in [3.8, 4) is 0 Å². The molecule has 0 aromatic carbocycles. The molecule has 0 amide bonds. The molecule has 1 rings (SSSR count). The van der Waals surface area contributed by atoms with Crippen molar-refractivity contribution >= 4 is 11.7 Å². The Morgan fingerprint density at radius 1 is 1.47 bits per heavy atom. The third-order valence-corrected chi connectivity index (χ3v) is 2.60. The minimum absolute atomic E-state index is 0.0121. The van der Waals surface area contributed by atoms with Crippen LogP contribution < -0.4 is 10.6 Å². The molecule has 0 spiro atoms. The number of ether oxygens (including phenoxy) is 1.